The van der Waals surface area contributed by atoms with E-state index in [0.29, 0.717) is 0 Å². The maximum absolute atomic E-state index is 2.51. The Morgan fingerprint density at radius 3 is 0.370 bits per heavy atom. The molecule has 0 atom stereocenters. The summed E-state index contributed by atoms with van der Waals surface area (Å²) >= 11 is 0. The highest BCUT2D eigenvalue weighted by atomic mass is 31.1. The van der Waals surface area contributed by atoms with Gasteiger partial charge >= 0.3 is 0 Å². The van der Waals surface area contributed by atoms with Crippen LogP contribution < -0.4 is 63.7 Å². The number of rotatable bonds is 12. The number of hydrogen-bond donors (Lipinski definition) is 0. The summed E-state index contributed by atoms with van der Waals surface area (Å²) in [7, 11) is -3.86. The lowest BCUT2D eigenvalue weighted by Gasteiger charge is -2.34. The summed E-state index contributed by atoms with van der Waals surface area (Å²) in [5.74, 6) is 0. The molecule has 0 N–H and O–H groups in total. The molecule has 12 aromatic rings. The Labute approximate surface area is 554 Å². The van der Waals surface area contributed by atoms with Gasteiger partial charge in [-0.1, -0.05) is 243 Å². The molecule has 8 bridgehead atoms. The van der Waals surface area contributed by atoms with E-state index in [1.54, 1.807) is 0 Å². The predicted octanol–water partition coefficient (Wildman–Crippen LogP) is 17.1. The normalized spacial score (nSPS) is 12.3. The van der Waals surface area contributed by atoms with E-state index in [4.69, 9.17) is 0 Å². The molecule has 0 unspecified atom stereocenters. The van der Waals surface area contributed by atoms with Gasteiger partial charge in [-0.3, -0.25) is 0 Å². The molecule has 13 rings (SSSR count). The molecule has 0 spiro atoms. The molecule has 12 aromatic carbocycles. The van der Waals surface area contributed by atoms with E-state index in [0.717, 1.165) is 25.7 Å². The van der Waals surface area contributed by atoms with Crippen molar-refractivity contribution in [3.63, 3.8) is 0 Å². The topological polar surface area (TPSA) is 0 Å². The van der Waals surface area contributed by atoms with Crippen molar-refractivity contribution in [2.24, 2.45) is 0 Å². The Morgan fingerprint density at radius 2 is 0.261 bits per heavy atom. The van der Waals surface area contributed by atoms with Gasteiger partial charge in [-0.25, -0.2) is 0 Å². The highest BCUT2D eigenvalue weighted by Gasteiger charge is 2.34. The van der Waals surface area contributed by atoms with Gasteiger partial charge < -0.3 is 0 Å². The molecular weight excluding hydrogens is 1180 g/mol. The Balaban J connectivity index is 1.20. The molecule has 0 saturated carbocycles. The summed E-state index contributed by atoms with van der Waals surface area (Å²) < 4.78 is 0. The van der Waals surface area contributed by atoms with Crippen molar-refractivity contribution in [3.05, 3.63) is 354 Å². The van der Waals surface area contributed by atoms with Crippen molar-refractivity contribution in [2.45, 2.75) is 109 Å². The molecule has 0 aromatic heterocycles. The van der Waals surface area contributed by atoms with Crippen LogP contribution in [0, 0.1) is 83.1 Å². The monoisotopic (exact) mass is 1260 g/mol. The third kappa shape index (κ3) is 11.6. The van der Waals surface area contributed by atoms with Gasteiger partial charge in [0.1, 0.15) is 0 Å². The minimum absolute atomic E-state index is 0.834. The van der Waals surface area contributed by atoms with Gasteiger partial charge in [0, 0.05) is 0 Å². The van der Waals surface area contributed by atoms with Gasteiger partial charge in [-0.05, 0) is 315 Å². The van der Waals surface area contributed by atoms with Gasteiger partial charge in [0.2, 0.25) is 0 Å². The van der Waals surface area contributed by atoms with E-state index in [1.165, 1.54) is 175 Å². The van der Waals surface area contributed by atoms with E-state index in [-0.39, 0.29) is 0 Å². The van der Waals surface area contributed by atoms with Gasteiger partial charge in [-0.2, -0.15) is 0 Å². The third-order valence-corrected chi connectivity index (χ3v) is 31.5. The summed E-state index contributed by atoms with van der Waals surface area (Å²) in [4.78, 5) is 0. The van der Waals surface area contributed by atoms with E-state index in [9.17, 15) is 0 Å². The molecule has 0 radical (unpaired) electrons. The number of benzene rings is 12. The Kier molecular flexibility index (Phi) is 18.6. The van der Waals surface area contributed by atoms with Gasteiger partial charge in [0.25, 0.3) is 0 Å². The molecule has 0 fully saturated rings. The zero-order valence-corrected chi connectivity index (χ0v) is 59.3. The van der Waals surface area contributed by atoms with Crippen LogP contribution in [-0.4, -0.2) is 0 Å². The maximum Gasteiger partial charge on any atom is -0.00146 e. The van der Waals surface area contributed by atoms with Crippen molar-refractivity contribution in [2.75, 3.05) is 0 Å². The van der Waals surface area contributed by atoms with Crippen LogP contribution in [0.1, 0.15) is 111 Å². The van der Waals surface area contributed by atoms with E-state index in [2.05, 4.69) is 326 Å². The van der Waals surface area contributed by atoms with Gasteiger partial charge in [0.05, 0.1) is 0 Å². The second-order valence-electron chi connectivity index (χ2n) is 25.5. The van der Waals surface area contributed by atoms with Crippen molar-refractivity contribution in [1.82, 2.24) is 0 Å². The number of fused-ring (bicyclic) bond motifs is 8. The van der Waals surface area contributed by atoms with Crippen molar-refractivity contribution in [1.29, 1.82) is 0 Å². The molecule has 456 valence electrons. The number of hydrogen-bond acceptors (Lipinski definition) is 0. The summed E-state index contributed by atoms with van der Waals surface area (Å²) in [5.41, 5.74) is 29.0. The molecule has 0 heterocycles. The average Bonchev–Trinajstić information content (AvgIpc) is 0.742. The van der Waals surface area contributed by atoms with Crippen molar-refractivity contribution >= 4 is 95.3 Å². The van der Waals surface area contributed by atoms with Crippen LogP contribution >= 0.6 is 31.7 Å². The summed E-state index contributed by atoms with van der Waals surface area (Å²) in [6.07, 6.45) is 3.34. The van der Waals surface area contributed by atoms with E-state index >= 15 is 0 Å². The molecule has 0 aliphatic heterocycles. The van der Waals surface area contributed by atoms with Crippen LogP contribution in [0.4, 0.5) is 0 Å². The fourth-order valence-corrected chi connectivity index (χ4v) is 26.4. The van der Waals surface area contributed by atoms with Crippen molar-refractivity contribution in [3.8, 4) is 0 Å². The minimum Gasteiger partial charge on any atom is -0.0622 e. The van der Waals surface area contributed by atoms with Crippen LogP contribution in [0.2, 0.25) is 0 Å². The second-order valence-corrected chi connectivity index (χ2v) is 34.1. The van der Waals surface area contributed by atoms with Crippen LogP contribution in [0.15, 0.2) is 243 Å². The summed E-state index contributed by atoms with van der Waals surface area (Å²) in [6, 6.07) is 91.9. The molecule has 0 amide bonds. The summed E-state index contributed by atoms with van der Waals surface area (Å²) in [6.45, 7) is 30.0. The lowest BCUT2D eigenvalue weighted by atomic mass is 9.79. The first-order chi connectivity index (χ1) is 44.7. The zero-order chi connectivity index (χ0) is 63.9. The molecule has 0 saturated heterocycles. The first-order valence-electron chi connectivity index (χ1n) is 32.8. The first kappa shape index (κ1) is 63.1. The molecule has 4 heteroatoms. The van der Waals surface area contributed by atoms with Crippen LogP contribution in [-0.2, 0) is 25.7 Å². The Hall–Kier alpha value is -7.64. The minimum atomic E-state index is -0.964. The van der Waals surface area contributed by atoms with Gasteiger partial charge in [-0.15, -0.1) is 0 Å². The Morgan fingerprint density at radius 1 is 0.152 bits per heavy atom. The van der Waals surface area contributed by atoms with Crippen molar-refractivity contribution < 1.29 is 0 Å². The summed E-state index contributed by atoms with van der Waals surface area (Å²) in [5, 5.41) is 17.1. The van der Waals surface area contributed by atoms with Crippen LogP contribution in [0.5, 0.6) is 0 Å². The molecule has 92 heavy (non-hydrogen) atoms. The zero-order valence-electron chi connectivity index (χ0n) is 55.7. The average molecular weight is 1270 g/mol. The quantitative estimate of drug-likeness (QED) is 0.107. The van der Waals surface area contributed by atoms with E-state index in [1.807, 2.05) is 0 Å². The highest BCUT2D eigenvalue weighted by Crippen LogP contribution is 2.47. The molecule has 1 aliphatic rings. The fraction of sp³-hybridized carbons (Fsp3) is 0.182. The largest absolute Gasteiger partial charge is 0.0622 e. The Bertz CT molecular complexity index is 3780. The second kappa shape index (κ2) is 27.1. The van der Waals surface area contributed by atoms with Crippen LogP contribution in [0.25, 0.3) is 0 Å². The smallest absolute Gasteiger partial charge is 0.00146 e. The standard InChI is InChI=1S/C88H84P4/c1-57-77-53-79-58(2)81(65(9)86(63(79)7)90(71-41-25-15-26-42-71)72-43-27-16-28-44-72)55-83-60(4)84(68(12)88(67(83)11)92(75-49-33-19-34-50-75)76-51-35-20-36-52-76)56-82-59(3)80(64(8)87(66(82)10)91(73-45-29-17-30-46-73)74-47-31-18-32-48-74)54-78(57)62(6)85(61(77)5)89(69-37-21-13-22-38-69)70-39-23-14-24-40-70/h13-52H,53-56H2,1-12H3. The lowest BCUT2D eigenvalue weighted by molar-refractivity contribution is 0.983. The molecule has 0 nitrogen and oxygen atoms in total. The predicted molar refractivity (Wildman–Crippen MR) is 409 cm³/mol. The first-order valence-corrected chi connectivity index (χ1v) is 38.2. The molecule has 1 aliphatic carbocycles. The molecular formula is C88H84P4. The van der Waals surface area contributed by atoms with Gasteiger partial charge in [0.15, 0.2) is 0 Å². The maximum atomic E-state index is 2.51. The van der Waals surface area contributed by atoms with Crippen LogP contribution in [0.3, 0.4) is 0 Å². The highest BCUT2D eigenvalue weighted by molar-refractivity contribution is 7.81. The lowest BCUT2D eigenvalue weighted by Crippen LogP contribution is -2.30. The SMILES string of the molecule is Cc1c2c(C)c(P(c3ccccc3)c3ccccc3)c(C)c1Cc1c(C)c(c(C)c(P(c3ccccc3)c3ccccc3)c1C)Cc1c(C)c(c(C)c(P(c3ccccc3)c3ccccc3)c1C)Cc1c(C)c(c(C)c(P(c3ccccc3)c3ccccc3)c1C)C2. The van der Waals surface area contributed by atoms with E-state index < -0.39 is 31.7 Å². The fourth-order valence-electron chi connectivity index (χ4n) is 15.7. The third-order valence-electron chi connectivity index (χ3n) is 20.5.